The van der Waals surface area contributed by atoms with Crippen molar-refractivity contribution in [1.29, 1.82) is 0 Å². The average molecular weight is 402 g/mol. The molecule has 0 saturated heterocycles. The molecule has 1 aromatic rings. The third kappa shape index (κ3) is 4.89. The number of hydrogen-bond donors (Lipinski definition) is 1. The van der Waals surface area contributed by atoms with E-state index < -0.39 is 11.6 Å². The highest BCUT2D eigenvalue weighted by atomic mass is 16.5. The van der Waals surface area contributed by atoms with Crippen LogP contribution < -0.4 is 15.0 Å². The van der Waals surface area contributed by atoms with Crippen LogP contribution in [0.4, 0.5) is 5.69 Å². The van der Waals surface area contributed by atoms with Crippen molar-refractivity contribution in [2.24, 2.45) is 0 Å². The standard InChI is InChI=1S/C22H30N2O5/c1-14(2)28-19(25)13-24-17-12-15(20(26)23-16-8-6-5-7-9-16)10-11-18(17)29-22(3,4)21(24)27/h10-12,14,16H,5-9,13H2,1-4H3,(H,23,26). The number of amides is 2. The topological polar surface area (TPSA) is 84.9 Å². The van der Waals surface area contributed by atoms with Gasteiger partial charge in [-0.2, -0.15) is 0 Å². The first-order valence-corrected chi connectivity index (χ1v) is 10.3. The maximum absolute atomic E-state index is 12.9. The average Bonchev–Trinajstić information content (AvgIpc) is 2.65. The lowest BCUT2D eigenvalue weighted by Crippen LogP contribution is -2.54. The highest BCUT2D eigenvalue weighted by molar-refractivity contribution is 6.06. The van der Waals surface area contributed by atoms with Gasteiger partial charge in [0.1, 0.15) is 12.3 Å². The number of carbonyl (C=O) groups is 3. The Hall–Kier alpha value is -2.57. The van der Waals surface area contributed by atoms with Crippen LogP contribution in [0.3, 0.4) is 0 Å². The predicted octanol–water partition coefficient (Wildman–Crippen LogP) is 3.20. The molecule has 0 unspecified atom stereocenters. The number of rotatable bonds is 5. The second-order valence-corrected chi connectivity index (χ2v) is 8.53. The molecule has 0 radical (unpaired) electrons. The molecule has 7 nitrogen and oxygen atoms in total. The summed E-state index contributed by atoms with van der Waals surface area (Å²) in [5, 5.41) is 3.08. The Kier molecular flexibility index (Phi) is 6.15. The summed E-state index contributed by atoms with van der Waals surface area (Å²) in [5.74, 6) is -0.576. The number of carbonyl (C=O) groups excluding carboxylic acids is 3. The van der Waals surface area contributed by atoms with E-state index in [1.165, 1.54) is 11.3 Å². The molecule has 1 heterocycles. The molecule has 158 valence electrons. The summed E-state index contributed by atoms with van der Waals surface area (Å²) in [5.41, 5.74) is -0.268. The van der Waals surface area contributed by atoms with Crippen LogP contribution in [0.1, 0.15) is 70.2 Å². The minimum absolute atomic E-state index is 0.179. The fraction of sp³-hybridized carbons (Fsp3) is 0.591. The van der Waals surface area contributed by atoms with Crippen LogP contribution in [0.5, 0.6) is 5.75 Å². The van der Waals surface area contributed by atoms with Crippen LogP contribution in [-0.4, -0.2) is 42.1 Å². The lowest BCUT2D eigenvalue weighted by Gasteiger charge is -2.38. The molecule has 3 rings (SSSR count). The third-order valence-corrected chi connectivity index (χ3v) is 5.23. The number of anilines is 1. The first-order valence-electron chi connectivity index (χ1n) is 10.3. The summed E-state index contributed by atoms with van der Waals surface area (Å²) in [6.07, 6.45) is 5.15. The van der Waals surface area contributed by atoms with E-state index in [9.17, 15) is 14.4 Å². The highest BCUT2D eigenvalue weighted by Crippen LogP contribution is 2.38. The Bertz CT molecular complexity index is 796. The van der Waals surface area contributed by atoms with Gasteiger partial charge >= 0.3 is 5.97 Å². The van der Waals surface area contributed by atoms with Gasteiger partial charge in [-0.3, -0.25) is 19.3 Å². The monoisotopic (exact) mass is 402 g/mol. The summed E-state index contributed by atoms with van der Waals surface area (Å²) in [7, 11) is 0. The van der Waals surface area contributed by atoms with Crippen LogP contribution in [0.25, 0.3) is 0 Å². The Balaban J connectivity index is 1.85. The molecule has 0 atom stereocenters. The smallest absolute Gasteiger partial charge is 0.326 e. The first-order chi connectivity index (χ1) is 13.7. The first kappa shape index (κ1) is 21.1. The van der Waals surface area contributed by atoms with Crippen molar-refractivity contribution in [3.63, 3.8) is 0 Å². The molecule has 2 amide bonds. The minimum Gasteiger partial charge on any atom is -0.476 e. The molecule has 0 aromatic heterocycles. The van der Waals surface area contributed by atoms with Crippen LogP contribution in [0.15, 0.2) is 18.2 Å². The normalized spacial score (nSPS) is 18.8. The van der Waals surface area contributed by atoms with E-state index in [0.29, 0.717) is 17.0 Å². The Labute approximate surface area is 171 Å². The van der Waals surface area contributed by atoms with Gasteiger partial charge in [-0.15, -0.1) is 0 Å². The van der Waals surface area contributed by atoms with Gasteiger partial charge < -0.3 is 14.8 Å². The van der Waals surface area contributed by atoms with Crippen LogP contribution in [0.2, 0.25) is 0 Å². The molecule has 0 bridgehead atoms. The van der Waals surface area contributed by atoms with Crippen molar-refractivity contribution in [2.75, 3.05) is 11.4 Å². The summed E-state index contributed by atoms with van der Waals surface area (Å²) >= 11 is 0. The minimum atomic E-state index is -1.11. The molecular formula is C22H30N2O5. The van der Waals surface area contributed by atoms with Crippen molar-refractivity contribution in [1.82, 2.24) is 5.32 Å². The van der Waals surface area contributed by atoms with Gasteiger partial charge in [0, 0.05) is 11.6 Å². The zero-order valence-electron chi connectivity index (χ0n) is 17.6. The summed E-state index contributed by atoms with van der Waals surface area (Å²) < 4.78 is 11.0. The number of esters is 1. The van der Waals surface area contributed by atoms with E-state index >= 15 is 0 Å². The van der Waals surface area contributed by atoms with E-state index in [0.717, 1.165) is 25.7 Å². The van der Waals surface area contributed by atoms with Crippen LogP contribution in [0, 0.1) is 0 Å². The van der Waals surface area contributed by atoms with E-state index in [1.807, 2.05) is 0 Å². The molecule has 1 N–H and O–H groups in total. The molecule has 0 spiro atoms. The molecule has 7 heteroatoms. The van der Waals surface area contributed by atoms with Gasteiger partial charge in [0.2, 0.25) is 0 Å². The number of fused-ring (bicyclic) bond motifs is 1. The van der Waals surface area contributed by atoms with Crippen molar-refractivity contribution < 1.29 is 23.9 Å². The fourth-order valence-corrected chi connectivity index (χ4v) is 3.81. The SMILES string of the molecule is CC(C)OC(=O)CN1C(=O)C(C)(C)Oc2ccc(C(=O)NC3CCCCC3)cc21. The molecule has 29 heavy (non-hydrogen) atoms. The van der Waals surface area contributed by atoms with E-state index in [1.54, 1.807) is 45.9 Å². The maximum atomic E-state index is 12.9. The van der Waals surface area contributed by atoms with Gasteiger partial charge in [-0.05, 0) is 58.7 Å². The second kappa shape index (κ2) is 8.43. The number of benzene rings is 1. The van der Waals surface area contributed by atoms with Crippen LogP contribution >= 0.6 is 0 Å². The number of nitrogens with zero attached hydrogens (tertiary/aromatic N) is 1. The lowest BCUT2D eigenvalue weighted by molar-refractivity contribution is -0.147. The van der Waals surface area contributed by atoms with Gasteiger partial charge in [-0.1, -0.05) is 19.3 Å². The van der Waals surface area contributed by atoms with Crippen molar-refractivity contribution in [3.05, 3.63) is 23.8 Å². The number of hydrogen-bond acceptors (Lipinski definition) is 5. The Morgan fingerprint density at radius 2 is 1.93 bits per heavy atom. The van der Waals surface area contributed by atoms with E-state index in [4.69, 9.17) is 9.47 Å². The molecule has 1 fully saturated rings. The Morgan fingerprint density at radius 3 is 2.59 bits per heavy atom. The van der Waals surface area contributed by atoms with Gasteiger partial charge in [0.05, 0.1) is 11.8 Å². The number of nitrogens with one attached hydrogen (secondary N) is 1. The largest absolute Gasteiger partial charge is 0.476 e. The van der Waals surface area contributed by atoms with Crippen molar-refractivity contribution in [2.45, 2.75) is 77.5 Å². The molecule has 1 aliphatic carbocycles. The lowest BCUT2D eigenvalue weighted by atomic mass is 9.95. The highest BCUT2D eigenvalue weighted by Gasteiger charge is 2.42. The maximum Gasteiger partial charge on any atom is 0.326 e. The summed E-state index contributed by atoms with van der Waals surface area (Å²) in [6.45, 7) is 6.59. The zero-order valence-corrected chi connectivity index (χ0v) is 17.6. The van der Waals surface area contributed by atoms with Crippen LogP contribution in [-0.2, 0) is 14.3 Å². The van der Waals surface area contributed by atoms with E-state index in [2.05, 4.69) is 5.32 Å². The molecule has 2 aliphatic rings. The second-order valence-electron chi connectivity index (χ2n) is 8.53. The number of ether oxygens (including phenoxy) is 2. The fourth-order valence-electron chi connectivity index (χ4n) is 3.81. The van der Waals surface area contributed by atoms with Gasteiger partial charge in [0.15, 0.2) is 5.60 Å². The van der Waals surface area contributed by atoms with E-state index in [-0.39, 0.29) is 30.5 Å². The van der Waals surface area contributed by atoms with Gasteiger partial charge in [0.25, 0.3) is 11.8 Å². The summed E-state index contributed by atoms with van der Waals surface area (Å²) in [6, 6.07) is 5.16. The summed E-state index contributed by atoms with van der Waals surface area (Å²) in [4.78, 5) is 39.2. The molecular weight excluding hydrogens is 372 g/mol. The molecule has 1 aromatic carbocycles. The van der Waals surface area contributed by atoms with Crippen molar-refractivity contribution >= 4 is 23.5 Å². The predicted molar refractivity (Wildman–Crippen MR) is 109 cm³/mol. The zero-order chi connectivity index (χ0) is 21.2. The molecule has 1 aliphatic heterocycles. The quantitative estimate of drug-likeness (QED) is 0.765. The molecule has 1 saturated carbocycles. The van der Waals surface area contributed by atoms with Crippen molar-refractivity contribution in [3.8, 4) is 5.75 Å². The van der Waals surface area contributed by atoms with Gasteiger partial charge in [-0.25, -0.2) is 0 Å². The Morgan fingerprint density at radius 1 is 1.24 bits per heavy atom. The third-order valence-electron chi connectivity index (χ3n) is 5.23.